The number of carbonyl (C=O) groups is 1. The number of hydrogen-bond donors (Lipinski definition) is 2. The van der Waals surface area contributed by atoms with Gasteiger partial charge in [-0.3, -0.25) is 9.78 Å². The summed E-state index contributed by atoms with van der Waals surface area (Å²) in [7, 11) is 0. The first kappa shape index (κ1) is 15.2. The summed E-state index contributed by atoms with van der Waals surface area (Å²) in [5.41, 5.74) is 2.30. The van der Waals surface area contributed by atoms with Crippen LogP contribution in [0, 0.1) is 17.7 Å². The van der Waals surface area contributed by atoms with Crippen LogP contribution < -0.4 is 5.32 Å². The Bertz CT molecular complexity index is 675. The van der Waals surface area contributed by atoms with Crippen LogP contribution in [0.3, 0.4) is 0 Å². The number of halogens is 1. The summed E-state index contributed by atoms with van der Waals surface area (Å²) in [5, 5.41) is 11.4. The molecule has 0 saturated heterocycles. The maximum Gasteiger partial charge on any atom is 0.252 e. The van der Waals surface area contributed by atoms with Crippen molar-refractivity contribution in [1.82, 2.24) is 10.3 Å². The van der Waals surface area contributed by atoms with E-state index < -0.39 is 11.7 Å². The summed E-state index contributed by atoms with van der Waals surface area (Å²) < 4.78 is 13.3. The molecule has 1 heterocycles. The molecule has 0 aliphatic rings. The molecule has 0 fully saturated rings. The lowest BCUT2D eigenvalue weighted by molar-refractivity contribution is 0.0950. The first-order chi connectivity index (χ1) is 10.2. The number of benzene rings is 1. The van der Waals surface area contributed by atoms with E-state index in [-0.39, 0.29) is 12.2 Å². The van der Waals surface area contributed by atoms with Crippen LogP contribution in [0.5, 0.6) is 0 Å². The van der Waals surface area contributed by atoms with Crippen molar-refractivity contribution in [3.63, 3.8) is 0 Å². The second-order valence-corrected chi connectivity index (χ2v) is 5.09. The average Bonchev–Trinajstić information content (AvgIpc) is 3.00. The van der Waals surface area contributed by atoms with E-state index in [0.717, 1.165) is 10.9 Å². The minimum absolute atomic E-state index is 0.0545. The van der Waals surface area contributed by atoms with Crippen molar-refractivity contribution in [2.75, 3.05) is 6.61 Å². The molecule has 0 saturated carbocycles. The summed E-state index contributed by atoms with van der Waals surface area (Å²) in [6, 6.07) is 3.87. The molecule has 2 N–H and O–H groups in total. The average molecular weight is 304 g/mol. The van der Waals surface area contributed by atoms with Gasteiger partial charge in [0.1, 0.15) is 5.82 Å². The first-order valence-corrected chi connectivity index (χ1v) is 7.13. The number of nitrogens with one attached hydrogen (secondary N) is 1. The van der Waals surface area contributed by atoms with Gasteiger partial charge in [0.2, 0.25) is 0 Å². The minimum atomic E-state index is -0.495. The van der Waals surface area contributed by atoms with Crippen molar-refractivity contribution >= 4 is 17.2 Å². The van der Waals surface area contributed by atoms with E-state index in [1.54, 1.807) is 11.7 Å². The number of aliphatic hydroxyl groups is 1. The Balaban J connectivity index is 2.15. The van der Waals surface area contributed by atoms with Crippen molar-refractivity contribution in [3.05, 3.63) is 51.7 Å². The zero-order valence-corrected chi connectivity index (χ0v) is 11.9. The monoisotopic (exact) mass is 304 g/mol. The number of amides is 1. The second kappa shape index (κ2) is 7.53. The SMILES string of the molecule is O=C(NCc1cncs1)c1cc(F)ccc1C#CCCO. The number of rotatable bonds is 4. The highest BCUT2D eigenvalue weighted by Gasteiger charge is 2.11. The third kappa shape index (κ3) is 4.38. The van der Waals surface area contributed by atoms with Crippen molar-refractivity contribution in [1.29, 1.82) is 0 Å². The topological polar surface area (TPSA) is 62.2 Å². The Hall–Kier alpha value is -2.23. The molecule has 2 rings (SSSR count). The number of thiazole rings is 1. The Morgan fingerprint density at radius 1 is 1.48 bits per heavy atom. The van der Waals surface area contributed by atoms with Crippen LogP contribution in [0.15, 0.2) is 29.9 Å². The summed E-state index contributed by atoms with van der Waals surface area (Å²) >= 11 is 1.43. The molecule has 0 aliphatic carbocycles. The van der Waals surface area contributed by atoms with Crippen LogP contribution in [-0.4, -0.2) is 22.6 Å². The number of aromatic nitrogens is 1. The summed E-state index contributed by atoms with van der Waals surface area (Å²) in [5.74, 6) is 4.61. The summed E-state index contributed by atoms with van der Waals surface area (Å²) in [6.45, 7) is 0.282. The van der Waals surface area contributed by atoms with Gasteiger partial charge in [0, 0.05) is 23.1 Å². The zero-order valence-electron chi connectivity index (χ0n) is 11.1. The van der Waals surface area contributed by atoms with E-state index in [1.807, 2.05) is 0 Å². The Kier molecular flexibility index (Phi) is 5.43. The Morgan fingerprint density at radius 3 is 3.05 bits per heavy atom. The van der Waals surface area contributed by atoms with Gasteiger partial charge < -0.3 is 10.4 Å². The number of hydrogen-bond acceptors (Lipinski definition) is 4. The van der Waals surface area contributed by atoms with Gasteiger partial charge in [0.05, 0.1) is 24.2 Å². The van der Waals surface area contributed by atoms with E-state index in [2.05, 4.69) is 22.1 Å². The van der Waals surface area contributed by atoms with Crippen LogP contribution in [0.1, 0.15) is 27.2 Å². The third-order valence-electron chi connectivity index (χ3n) is 2.59. The van der Waals surface area contributed by atoms with Crippen LogP contribution in [0.2, 0.25) is 0 Å². The van der Waals surface area contributed by atoms with Gasteiger partial charge in [0.25, 0.3) is 5.91 Å². The zero-order chi connectivity index (χ0) is 15.1. The highest BCUT2D eigenvalue weighted by atomic mass is 32.1. The maximum atomic E-state index is 13.3. The predicted molar refractivity (Wildman–Crippen MR) is 78.3 cm³/mol. The minimum Gasteiger partial charge on any atom is -0.395 e. The second-order valence-electron chi connectivity index (χ2n) is 4.12. The van der Waals surface area contributed by atoms with Crippen molar-refractivity contribution in [2.45, 2.75) is 13.0 Å². The van der Waals surface area contributed by atoms with Gasteiger partial charge in [-0.2, -0.15) is 0 Å². The maximum absolute atomic E-state index is 13.3. The highest BCUT2D eigenvalue weighted by molar-refractivity contribution is 7.09. The molecule has 0 bridgehead atoms. The van der Waals surface area contributed by atoms with E-state index in [0.29, 0.717) is 18.5 Å². The molecule has 1 aromatic heterocycles. The molecule has 0 aliphatic heterocycles. The van der Waals surface area contributed by atoms with Crippen LogP contribution >= 0.6 is 11.3 Å². The fourth-order valence-electron chi connectivity index (χ4n) is 1.62. The standard InChI is InChI=1S/C15H13FN2O2S/c16-12-5-4-11(3-1-2-6-19)14(7-12)15(20)18-9-13-8-17-10-21-13/h4-5,7-8,10,19H,2,6,9H2,(H,18,20). The van der Waals surface area contributed by atoms with Gasteiger partial charge in [-0.1, -0.05) is 11.8 Å². The number of carbonyl (C=O) groups excluding carboxylic acids is 1. The Labute approximate surface area is 125 Å². The quantitative estimate of drug-likeness (QED) is 0.849. The smallest absolute Gasteiger partial charge is 0.252 e. The molecule has 108 valence electrons. The summed E-state index contributed by atoms with van der Waals surface area (Å²) in [6.07, 6.45) is 1.97. The van der Waals surface area contributed by atoms with Crippen LogP contribution in [-0.2, 0) is 6.54 Å². The fourth-order valence-corrected chi connectivity index (χ4v) is 2.15. The molecule has 0 unspecified atom stereocenters. The normalized spacial score (nSPS) is 9.81. The molecule has 0 radical (unpaired) electrons. The Morgan fingerprint density at radius 2 is 2.33 bits per heavy atom. The molecular formula is C15H13FN2O2S. The summed E-state index contributed by atoms with van der Waals surface area (Å²) in [4.78, 5) is 17.0. The van der Waals surface area contributed by atoms with Crippen molar-refractivity contribution in [3.8, 4) is 11.8 Å². The molecular weight excluding hydrogens is 291 g/mol. The highest BCUT2D eigenvalue weighted by Crippen LogP contribution is 2.12. The fraction of sp³-hybridized carbons (Fsp3) is 0.200. The lowest BCUT2D eigenvalue weighted by Gasteiger charge is -2.06. The first-order valence-electron chi connectivity index (χ1n) is 6.25. The van der Waals surface area contributed by atoms with Crippen molar-refractivity contribution in [2.24, 2.45) is 0 Å². The largest absolute Gasteiger partial charge is 0.395 e. The molecule has 1 aromatic carbocycles. The van der Waals surface area contributed by atoms with Gasteiger partial charge in [0.15, 0.2) is 0 Å². The van der Waals surface area contributed by atoms with Crippen LogP contribution in [0.4, 0.5) is 4.39 Å². The van der Waals surface area contributed by atoms with Gasteiger partial charge >= 0.3 is 0 Å². The molecule has 6 heteroatoms. The number of nitrogens with zero attached hydrogens (tertiary/aromatic N) is 1. The number of aliphatic hydroxyl groups excluding tert-OH is 1. The lowest BCUT2D eigenvalue weighted by Crippen LogP contribution is -2.23. The van der Waals surface area contributed by atoms with E-state index in [1.165, 1.54) is 23.5 Å². The molecule has 4 nitrogen and oxygen atoms in total. The van der Waals surface area contributed by atoms with Crippen molar-refractivity contribution < 1.29 is 14.3 Å². The van der Waals surface area contributed by atoms with Gasteiger partial charge in [-0.15, -0.1) is 11.3 Å². The molecule has 2 aromatic rings. The predicted octanol–water partition coefficient (Wildman–Crippen LogP) is 1.95. The molecule has 0 spiro atoms. The lowest BCUT2D eigenvalue weighted by atomic mass is 10.1. The van der Waals surface area contributed by atoms with E-state index >= 15 is 0 Å². The third-order valence-corrected chi connectivity index (χ3v) is 3.37. The van der Waals surface area contributed by atoms with Gasteiger partial charge in [-0.05, 0) is 18.2 Å². The molecule has 21 heavy (non-hydrogen) atoms. The molecule has 0 atom stereocenters. The van der Waals surface area contributed by atoms with E-state index in [9.17, 15) is 9.18 Å². The van der Waals surface area contributed by atoms with Gasteiger partial charge in [-0.25, -0.2) is 4.39 Å². The molecule has 1 amide bonds. The van der Waals surface area contributed by atoms with E-state index in [4.69, 9.17) is 5.11 Å². The van der Waals surface area contributed by atoms with Crippen LogP contribution in [0.25, 0.3) is 0 Å².